The maximum Gasteiger partial charge on any atom is 0.391 e. The number of hydrogen-bond donors (Lipinski definition) is 0. The first-order valence-corrected chi connectivity index (χ1v) is 2.42. The van der Waals surface area contributed by atoms with Crippen molar-refractivity contribution in [1.82, 2.24) is 0 Å². The zero-order valence-electron chi connectivity index (χ0n) is 5.34. The van der Waals surface area contributed by atoms with Gasteiger partial charge in [-0.2, -0.15) is 0 Å². The van der Waals surface area contributed by atoms with Gasteiger partial charge in [0.25, 0.3) is 0 Å². The van der Waals surface area contributed by atoms with Crippen molar-refractivity contribution >= 4 is 13.0 Å². The number of halogens is 1. The summed E-state index contributed by atoms with van der Waals surface area (Å²) in [5.41, 5.74) is 0.618. The van der Waals surface area contributed by atoms with Crippen molar-refractivity contribution in [2.45, 2.75) is 0 Å². The highest BCUT2D eigenvalue weighted by Crippen LogP contribution is 1.79. The molecule has 4 heteroatoms. The molecular formula is C6H9BFO2. The van der Waals surface area contributed by atoms with Crippen molar-refractivity contribution in [3.63, 3.8) is 0 Å². The van der Waals surface area contributed by atoms with Gasteiger partial charge in [0.2, 0.25) is 0 Å². The van der Waals surface area contributed by atoms with E-state index in [1.807, 2.05) is 6.07 Å². The highest BCUT2D eigenvalue weighted by atomic mass is 19.1. The Balaban J connectivity index is 0. The molecule has 4 N–H and O–H groups in total. The molecule has 0 fully saturated rings. The summed E-state index contributed by atoms with van der Waals surface area (Å²) in [5, 5.41) is 0. The minimum absolute atomic E-state index is 0. The maximum absolute atomic E-state index is 11.6. The lowest BCUT2D eigenvalue weighted by Crippen LogP contribution is -2.06. The molecule has 0 saturated carbocycles. The third-order valence-corrected chi connectivity index (χ3v) is 0.926. The van der Waals surface area contributed by atoms with Gasteiger partial charge in [0.1, 0.15) is 0 Å². The summed E-state index contributed by atoms with van der Waals surface area (Å²) in [7, 11) is 0.583. The van der Waals surface area contributed by atoms with Gasteiger partial charge in [-0.25, -0.2) is 0 Å². The second kappa shape index (κ2) is 6.26. The molecule has 0 aliphatic heterocycles. The minimum Gasteiger partial charge on any atom is -0.412 e. The largest absolute Gasteiger partial charge is 0.412 e. The first-order chi connectivity index (χ1) is 3.93. The van der Waals surface area contributed by atoms with E-state index < -0.39 is 0 Å². The van der Waals surface area contributed by atoms with Crippen LogP contribution < -0.4 is 5.46 Å². The highest BCUT2D eigenvalue weighted by Gasteiger charge is 1.88. The quantitative estimate of drug-likeness (QED) is 0.464. The van der Waals surface area contributed by atoms with E-state index in [0.717, 1.165) is 0 Å². The van der Waals surface area contributed by atoms with Crippen LogP contribution >= 0.6 is 0 Å². The summed E-state index contributed by atoms with van der Waals surface area (Å²) in [6, 6.07) is 8.86. The fraction of sp³-hybridized carbons (Fsp3) is 0. The zero-order chi connectivity index (χ0) is 5.82. The smallest absolute Gasteiger partial charge is 0.391 e. The lowest BCUT2D eigenvalue weighted by molar-refractivity contribution is 0.823. The van der Waals surface area contributed by atoms with Crippen LogP contribution in [0.5, 0.6) is 0 Å². The van der Waals surface area contributed by atoms with E-state index in [4.69, 9.17) is 0 Å². The molecule has 0 amide bonds. The normalized spacial score (nSPS) is 6.90. The van der Waals surface area contributed by atoms with Gasteiger partial charge < -0.3 is 15.3 Å². The Morgan fingerprint density at radius 1 is 1.00 bits per heavy atom. The van der Waals surface area contributed by atoms with Gasteiger partial charge in [-0.1, -0.05) is 30.3 Å². The first kappa shape index (κ1) is 11.9. The fourth-order valence-electron chi connectivity index (χ4n) is 0.526. The average Bonchev–Trinajstić information content (AvgIpc) is 1.90. The molecule has 0 aromatic heterocycles. The predicted octanol–water partition coefficient (Wildman–Crippen LogP) is -0.749. The minimum atomic E-state index is 0. The molecule has 0 spiro atoms. The summed E-state index contributed by atoms with van der Waals surface area (Å²) in [4.78, 5) is 0. The Morgan fingerprint density at radius 2 is 1.50 bits per heavy atom. The topological polar surface area (TPSA) is 63.0 Å². The third-order valence-electron chi connectivity index (χ3n) is 0.926. The zero-order valence-corrected chi connectivity index (χ0v) is 5.34. The Bertz CT molecular complexity index is 157. The van der Waals surface area contributed by atoms with E-state index in [1.165, 1.54) is 0 Å². The molecular weight excluding hydrogens is 134 g/mol. The molecule has 55 valence electrons. The summed E-state index contributed by atoms with van der Waals surface area (Å²) in [6.07, 6.45) is 0. The van der Waals surface area contributed by atoms with Crippen LogP contribution in [0.15, 0.2) is 30.3 Å². The van der Waals surface area contributed by atoms with Gasteiger partial charge in [-0.3, -0.25) is 0 Å². The molecule has 1 aromatic carbocycles. The van der Waals surface area contributed by atoms with Crippen molar-refractivity contribution in [3.05, 3.63) is 30.3 Å². The van der Waals surface area contributed by atoms with E-state index in [2.05, 4.69) is 0 Å². The molecule has 0 heterocycles. The Kier molecular flexibility index (Phi) is 7.43. The summed E-state index contributed by atoms with van der Waals surface area (Å²) in [6.45, 7) is 0. The maximum atomic E-state index is 11.6. The second-order valence-corrected chi connectivity index (χ2v) is 1.52. The molecule has 1 rings (SSSR count). The van der Waals surface area contributed by atoms with Gasteiger partial charge in [-0.15, -0.1) is 0 Å². The Hall–Kier alpha value is -0.865. The van der Waals surface area contributed by atoms with Crippen LogP contribution in [0, 0.1) is 0 Å². The number of hydrogen-bond acceptors (Lipinski definition) is 0. The monoisotopic (exact) mass is 143 g/mol. The fourth-order valence-corrected chi connectivity index (χ4v) is 0.526. The van der Waals surface area contributed by atoms with Crippen molar-refractivity contribution in [3.8, 4) is 0 Å². The van der Waals surface area contributed by atoms with Crippen LogP contribution in [-0.4, -0.2) is 18.5 Å². The Labute approximate surface area is 59.6 Å². The average molecular weight is 143 g/mol. The third kappa shape index (κ3) is 3.22. The molecule has 1 radical (unpaired) electrons. The molecule has 0 bridgehead atoms. The lowest BCUT2D eigenvalue weighted by Gasteiger charge is -1.85. The van der Waals surface area contributed by atoms with Crippen LogP contribution in [0.25, 0.3) is 0 Å². The van der Waals surface area contributed by atoms with E-state index in [-0.39, 0.29) is 11.0 Å². The van der Waals surface area contributed by atoms with Gasteiger partial charge >= 0.3 is 7.56 Å². The first-order valence-electron chi connectivity index (χ1n) is 2.42. The van der Waals surface area contributed by atoms with Crippen LogP contribution in [0.2, 0.25) is 0 Å². The molecule has 0 unspecified atom stereocenters. The second-order valence-electron chi connectivity index (χ2n) is 1.52. The van der Waals surface area contributed by atoms with Crippen LogP contribution in [0.1, 0.15) is 0 Å². The standard InChI is InChI=1S/C6H5BF.2H2O/c8-7-6-4-2-1-3-5-6;;/h1-5H;2*1H2. The van der Waals surface area contributed by atoms with Crippen molar-refractivity contribution in [1.29, 1.82) is 0 Å². The molecule has 0 aliphatic rings. The van der Waals surface area contributed by atoms with Gasteiger partial charge in [0.15, 0.2) is 0 Å². The van der Waals surface area contributed by atoms with Crippen molar-refractivity contribution < 1.29 is 15.3 Å². The lowest BCUT2D eigenvalue weighted by atomic mass is 9.92. The molecule has 10 heavy (non-hydrogen) atoms. The molecule has 0 saturated heterocycles. The van der Waals surface area contributed by atoms with Crippen molar-refractivity contribution in [2.75, 3.05) is 0 Å². The van der Waals surface area contributed by atoms with Crippen LogP contribution in [-0.2, 0) is 0 Å². The molecule has 0 atom stereocenters. The van der Waals surface area contributed by atoms with E-state index in [9.17, 15) is 4.32 Å². The van der Waals surface area contributed by atoms with E-state index in [1.54, 1.807) is 24.3 Å². The summed E-state index contributed by atoms with van der Waals surface area (Å²) >= 11 is 0. The number of benzene rings is 1. The molecule has 2 nitrogen and oxygen atoms in total. The van der Waals surface area contributed by atoms with Gasteiger partial charge in [-0.05, 0) is 5.46 Å². The van der Waals surface area contributed by atoms with E-state index in [0.29, 0.717) is 13.0 Å². The predicted molar refractivity (Wildman–Crippen MR) is 40.2 cm³/mol. The molecule has 1 aromatic rings. The summed E-state index contributed by atoms with van der Waals surface area (Å²) < 4.78 is 11.6. The van der Waals surface area contributed by atoms with E-state index >= 15 is 0 Å². The van der Waals surface area contributed by atoms with Gasteiger partial charge in [0.05, 0.1) is 0 Å². The SMILES string of the molecule is F[B]c1ccccc1.O.O. The Morgan fingerprint density at radius 3 is 1.80 bits per heavy atom. The molecule has 0 aliphatic carbocycles. The summed E-state index contributed by atoms with van der Waals surface area (Å²) in [5.74, 6) is 0. The highest BCUT2D eigenvalue weighted by molar-refractivity contribution is 6.46. The van der Waals surface area contributed by atoms with Gasteiger partial charge in [0, 0.05) is 0 Å². The number of rotatable bonds is 1. The van der Waals surface area contributed by atoms with Crippen LogP contribution in [0.3, 0.4) is 0 Å². The van der Waals surface area contributed by atoms with Crippen LogP contribution in [0.4, 0.5) is 4.32 Å². The van der Waals surface area contributed by atoms with Crippen molar-refractivity contribution in [2.24, 2.45) is 0 Å².